The van der Waals surface area contributed by atoms with Gasteiger partial charge in [0.25, 0.3) is 0 Å². The lowest BCUT2D eigenvalue weighted by atomic mass is 10.1. The second kappa shape index (κ2) is 4.94. The molecule has 4 heteroatoms. The van der Waals surface area contributed by atoms with Gasteiger partial charge in [-0.25, -0.2) is 4.98 Å². The molecule has 0 spiro atoms. The lowest BCUT2D eigenvalue weighted by Gasteiger charge is -2.07. The molecule has 19 heavy (non-hydrogen) atoms. The quantitative estimate of drug-likeness (QED) is 0.932. The second-order valence-corrected chi connectivity index (χ2v) is 5.93. The third-order valence-electron chi connectivity index (χ3n) is 3.60. The summed E-state index contributed by atoms with van der Waals surface area (Å²) in [4.78, 5) is 6.03. The van der Waals surface area contributed by atoms with E-state index in [1.807, 2.05) is 7.05 Å². The van der Waals surface area contributed by atoms with Crippen LogP contribution < -0.4 is 10.1 Å². The predicted octanol–water partition coefficient (Wildman–Crippen LogP) is 3.33. The van der Waals surface area contributed by atoms with Gasteiger partial charge in [-0.3, -0.25) is 0 Å². The molecular formula is C15H18N2OS. The van der Waals surface area contributed by atoms with Crippen molar-refractivity contribution in [3.8, 4) is 16.3 Å². The van der Waals surface area contributed by atoms with Gasteiger partial charge in [0.15, 0.2) is 0 Å². The van der Waals surface area contributed by atoms with Crippen molar-refractivity contribution in [3.63, 3.8) is 0 Å². The second-order valence-electron chi connectivity index (χ2n) is 4.90. The van der Waals surface area contributed by atoms with Crippen molar-refractivity contribution >= 4 is 11.3 Å². The molecule has 1 aromatic carbocycles. The fourth-order valence-electron chi connectivity index (χ4n) is 2.38. The summed E-state index contributed by atoms with van der Waals surface area (Å²) in [6.45, 7) is 5.05. The Labute approximate surface area is 117 Å². The molecule has 1 N–H and O–H groups in total. The molecule has 1 aliphatic heterocycles. The van der Waals surface area contributed by atoms with E-state index in [0.717, 1.165) is 29.5 Å². The molecule has 3 rings (SSSR count). The van der Waals surface area contributed by atoms with Crippen molar-refractivity contribution in [3.05, 3.63) is 34.3 Å². The van der Waals surface area contributed by atoms with E-state index in [4.69, 9.17) is 9.72 Å². The Hall–Kier alpha value is -1.39. The number of fused-ring (bicyclic) bond motifs is 1. The minimum atomic E-state index is 0.351. The van der Waals surface area contributed by atoms with E-state index in [1.165, 1.54) is 16.0 Å². The number of thiazole rings is 1. The fraction of sp³-hybridized carbons (Fsp3) is 0.400. The van der Waals surface area contributed by atoms with E-state index in [0.29, 0.717) is 6.04 Å². The third kappa shape index (κ3) is 2.26. The monoisotopic (exact) mass is 274 g/mol. The van der Waals surface area contributed by atoms with Crippen molar-refractivity contribution in [2.24, 2.45) is 0 Å². The number of aryl methyl sites for hydroxylation is 1. The number of nitrogens with zero attached hydrogens (tertiary/aromatic N) is 1. The van der Waals surface area contributed by atoms with Crippen LogP contribution in [-0.4, -0.2) is 18.6 Å². The molecule has 100 valence electrons. The zero-order valence-electron chi connectivity index (χ0n) is 11.5. The molecular weight excluding hydrogens is 256 g/mol. The zero-order valence-corrected chi connectivity index (χ0v) is 12.3. The van der Waals surface area contributed by atoms with Crippen LogP contribution in [0.4, 0.5) is 0 Å². The van der Waals surface area contributed by atoms with Gasteiger partial charge >= 0.3 is 0 Å². The third-order valence-corrected chi connectivity index (χ3v) is 4.98. The molecule has 0 saturated carbocycles. The van der Waals surface area contributed by atoms with Crippen LogP contribution in [-0.2, 0) is 6.42 Å². The van der Waals surface area contributed by atoms with Gasteiger partial charge in [-0.2, -0.15) is 0 Å². The summed E-state index contributed by atoms with van der Waals surface area (Å²) < 4.78 is 5.55. The molecule has 0 saturated heterocycles. The van der Waals surface area contributed by atoms with Crippen LogP contribution >= 0.6 is 11.3 Å². The van der Waals surface area contributed by atoms with Gasteiger partial charge in [0, 0.05) is 22.9 Å². The molecule has 1 atom stereocenters. The van der Waals surface area contributed by atoms with Crippen molar-refractivity contribution in [1.29, 1.82) is 0 Å². The Balaban J connectivity index is 1.98. The van der Waals surface area contributed by atoms with Crippen LogP contribution in [0.3, 0.4) is 0 Å². The highest BCUT2D eigenvalue weighted by Gasteiger charge is 2.17. The highest BCUT2D eigenvalue weighted by Crippen LogP contribution is 2.35. The Morgan fingerprint density at radius 3 is 3.05 bits per heavy atom. The lowest BCUT2D eigenvalue weighted by Crippen LogP contribution is -2.11. The summed E-state index contributed by atoms with van der Waals surface area (Å²) in [6, 6.07) is 6.74. The van der Waals surface area contributed by atoms with E-state index in [9.17, 15) is 0 Å². The largest absolute Gasteiger partial charge is 0.493 e. The first-order valence-electron chi connectivity index (χ1n) is 6.59. The number of ether oxygens (including phenoxy) is 1. The Morgan fingerprint density at radius 1 is 1.42 bits per heavy atom. The maximum absolute atomic E-state index is 5.55. The van der Waals surface area contributed by atoms with Gasteiger partial charge in [0.2, 0.25) is 0 Å². The standard InChI is InChI=1S/C15H18N2OS/c1-9(16-3)14-10(2)17-15(19-14)12-4-5-13-11(8-12)6-7-18-13/h4-5,8-9,16H,6-7H2,1-3H3. The average Bonchev–Trinajstić information content (AvgIpc) is 3.03. The van der Waals surface area contributed by atoms with Crippen LogP contribution in [0.2, 0.25) is 0 Å². The summed E-state index contributed by atoms with van der Waals surface area (Å²) in [5.41, 5.74) is 3.62. The first-order valence-corrected chi connectivity index (χ1v) is 7.41. The van der Waals surface area contributed by atoms with Crippen molar-refractivity contribution in [1.82, 2.24) is 10.3 Å². The van der Waals surface area contributed by atoms with Gasteiger partial charge in [0.05, 0.1) is 12.3 Å². The van der Waals surface area contributed by atoms with Crippen molar-refractivity contribution in [2.45, 2.75) is 26.3 Å². The lowest BCUT2D eigenvalue weighted by molar-refractivity contribution is 0.357. The first-order chi connectivity index (χ1) is 9.19. The van der Waals surface area contributed by atoms with Gasteiger partial charge < -0.3 is 10.1 Å². The summed E-state index contributed by atoms with van der Waals surface area (Å²) in [5.74, 6) is 1.03. The average molecular weight is 274 g/mol. The molecule has 0 radical (unpaired) electrons. The normalized spacial score (nSPS) is 15.1. The summed E-state index contributed by atoms with van der Waals surface area (Å²) >= 11 is 1.78. The summed E-state index contributed by atoms with van der Waals surface area (Å²) in [7, 11) is 1.98. The summed E-state index contributed by atoms with van der Waals surface area (Å²) in [5, 5.41) is 4.38. The molecule has 0 aliphatic carbocycles. The minimum absolute atomic E-state index is 0.351. The molecule has 2 aromatic rings. The number of benzene rings is 1. The molecule has 1 unspecified atom stereocenters. The van der Waals surface area contributed by atoms with Gasteiger partial charge in [-0.1, -0.05) is 0 Å². The molecule has 0 bridgehead atoms. The van der Waals surface area contributed by atoms with Crippen LogP contribution in [0.15, 0.2) is 18.2 Å². The minimum Gasteiger partial charge on any atom is -0.493 e. The topological polar surface area (TPSA) is 34.1 Å². The van der Waals surface area contributed by atoms with Crippen LogP contribution in [0.1, 0.15) is 29.1 Å². The summed E-state index contributed by atoms with van der Waals surface area (Å²) in [6.07, 6.45) is 1.01. The Kier molecular flexibility index (Phi) is 3.29. The molecule has 0 amide bonds. The van der Waals surface area contributed by atoms with Gasteiger partial charge in [0.1, 0.15) is 10.8 Å². The molecule has 2 heterocycles. The number of aromatic nitrogens is 1. The number of rotatable bonds is 3. The molecule has 1 aliphatic rings. The molecule has 0 fully saturated rings. The highest BCUT2D eigenvalue weighted by atomic mass is 32.1. The number of hydrogen-bond acceptors (Lipinski definition) is 4. The van der Waals surface area contributed by atoms with Crippen molar-refractivity contribution < 1.29 is 4.74 Å². The van der Waals surface area contributed by atoms with E-state index in [2.05, 4.69) is 37.4 Å². The fourth-order valence-corrected chi connectivity index (χ4v) is 3.51. The van der Waals surface area contributed by atoms with Crippen LogP contribution in [0.5, 0.6) is 5.75 Å². The SMILES string of the molecule is CNC(C)c1sc(-c2ccc3c(c2)CCO3)nc1C. The molecule has 3 nitrogen and oxygen atoms in total. The number of nitrogens with one attached hydrogen (secondary N) is 1. The highest BCUT2D eigenvalue weighted by molar-refractivity contribution is 7.15. The van der Waals surface area contributed by atoms with E-state index >= 15 is 0 Å². The Morgan fingerprint density at radius 2 is 2.26 bits per heavy atom. The number of hydrogen-bond donors (Lipinski definition) is 1. The Bertz CT molecular complexity index is 606. The smallest absolute Gasteiger partial charge is 0.123 e. The van der Waals surface area contributed by atoms with Gasteiger partial charge in [-0.15, -0.1) is 11.3 Å². The predicted molar refractivity (Wildman–Crippen MR) is 79.0 cm³/mol. The van der Waals surface area contributed by atoms with Crippen molar-refractivity contribution in [2.75, 3.05) is 13.7 Å². The van der Waals surface area contributed by atoms with E-state index in [-0.39, 0.29) is 0 Å². The van der Waals surface area contributed by atoms with E-state index < -0.39 is 0 Å². The zero-order chi connectivity index (χ0) is 13.4. The first kappa shape index (κ1) is 12.6. The van der Waals surface area contributed by atoms with E-state index in [1.54, 1.807) is 11.3 Å². The van der Waals surface area contributed by atoms with Crippen LogP contribution in [0.25, 0.3) is 10.6 Å². The maximum atomic E-state index is 5.55. The van der Waals surface area contributed by atoms with Gasteiger partial charge in [-0.05, 0) is 44.7 Å². The maximum Gasteiger partial charge on any atom is 0.123 e. The van der Waals surface area contributed by atoms with Crippen LogP contribution in [0, 0.1) is 6.92 Å². The molecule has 1 aromatic heterocycles.